The van der Waals surface area contributed by atoms with Gasteiger partial charge in [0.2, 0.25) is 0 Å². The number of nitrogens with zero attached hydrogens (tertiary/aromatic N) is 2. The Morgan fingerprint density at radius 2 is 1.82 bits per heavy atom. The van der Waals surface area contributed by atoms with E-state index in [9.17, 15) is 0 Å². The number of aromatic nitrogens is 2. The number of rotatable bonds is 3. The van der Waals surface area contributed by atoms with Crippen molar-refractivity contribution >= 4 is 5.82 Å². The molecule has 0 aliphatic carbocycles. The normalized spacial score (nSPS) is 12.5. The van der Waals surface area contributed by atoms with Crippen molar-refractivity contribution in [3.05, 3.63) is 47.2 Å². The summed E-state index contributed by atoms with van der Waals surface area (Å²) in [6.45, 7) is 6.41. The third kappa shape index (κ3) is 2.87. The quantitative estimate of drug-likeness (QED) is 0.875. The zero-order chi connectivity index (χ0) is 12.4. The molecule has 0 bridgehead atoms. The molecule has 0 amide bonds. The molecule has 0 fully saturated rings. The molecule has 1 heterocycles. The minimum absolute atomic E-state index is 0.267. The van der Waals surface area contributed by atoms with Crippen molar-refractivity contribution < 1.29 is 0 Å². The molecule has 0 aliphatic heterocycles. The van der Waals surface area contributed by atoms with Crippen LogP contribution in [0.15, 0.2) is 30.5 Å². The molecule has 1 N–H and O–H groups in total. The van der Waals surface area contributed by atoms with E-state index in [0.717, 1.165) is 5.82 Å². The zero-order valence-corrected chi connectivity index (χ0v) is 10.9. The maximum Gasteiger partial charge on any atom is 0.148 e. The van der Waals surface area contributed by atoms with Crippen LogP contribution >= 0.6 is 0 Å². The Morgan fingerprint density at radius 3 is 2.35 bits per heavy atom. The molecule has 2 rings (SSSR count). The molecule has 1 atom stereocenters. The highest BCUT2D eigenvalue weighted by Gasteiger charge is 2.07. The highest BCUT2D eigenvalue weighted by Crippen LogP contribution is 2.20. The maximum absolute atomic E-state index is 4.33. The van der Waals surface area contributed by atoms with E-state index in [4.69, 9.17) is 0 Å². The Kier molecular flexibility index (Phi) is 3.18. The van der Waals surface area contributed by atoms with Gasteiger partial charge in [0.25, 0.3) is 0 Å². The van der Waals surface area contributed by atoms with Crippen LogP contribution in [0.5, 0.6) is 0 Å². The molecule has 1 aromatic carbocycles. The van der Waals surface area contributed by atoms with Crippen molar-refractivity contribution in [2.75, 3.05) is 5.32 Å². The van der Waals surface area contributed by atoms with Gasteiger partial charge >= 0.3 is 0 Å². The summed E-state index contributed by atoms with van der Waals surface area (Å²) in [5.74, 6) is 0.916. The van der Waals surface area contributed by atoms with Crippen LogP contribution in [0.4, 0.5) is 5.82 Å². The van der Waals surface area contributed by atoms with Crippen LogP contribution in [-0.4, -0.2) is 9.78 Å². The van der Waals surface area contributed by atoms with Crippen molar-refractivity contribution in [2.24, 2.45) is 7.05 Å². The average Bonchev–Trinajstić information content (AvgIpc) is 2.62. The van der Waals surface area contributed by atoms with Crippen LogP contribution in [0.1, 0.15) is 29.7 Å². The first-order valence-electron chi connectivity index (χ1n) is 5.89. The number of hydrogen-bond donors (Lipinski definition) is 1. The molecule has 0 saturated heterocycles. The number of anilines is 1. The molecule has 3 nitrogen and oxygen atoms in total. The lowest BCUT2D eigenvalue weighted by Gasteiger charge is -2.15. The van der Waals surface area contributed by atoms with Crippen molar-refractivity contribution in [1.29, 1.82) is 0 Å². The van der Waals surface area contributed by atoms with E-state index in [2.05, 4.69) is 49.4 Å². The predicted octanol–water partition coefficient (Wildman–Crippen LogP) is 3.21. The molecule has 0 saturated carbocycles. The molecule has 90 valence electrons. The van der Waals surface area contributed by atoms with E-state index < -0.39 is 0 Å². The van der Waals surface area contributed by atoms with E-state index in [-0.39, 0.29) is 6.04 Å². The Morgan fingerprint density at radius 1 is 1.18 bits per heavy atom. The van der Waals surface area contributed by atoms with Crippen LogP contribution in [0.2, 0.25) is 0 Å². The van der Waals surface area contributed by atoms with Crippen LogP contribution in [0.25, 0.3) is 0 Å². The minimum atomic E-state index is 0.267. The first kappa shape index (κ1) is 11.7. The zero-order valence-electron chi connectivity index (χ0n) is 10.9. The number of benzene rings is 1. The van der Waals surface area contributed by atoms with Crippen molar-refractivity contribution in [3.63, 3.8) is 0 Å². The first-order valence-corrected chi connectivity index (χ1v) is 5.89. The van der Waals surface area contributed by atoms with Crippen LogP contribution < -0.4 is 5.32 Å². The largest absolute Gasteiger partial charge is 0.362 e. The highest BCUT2D eigenvalue weighted by atomic mass is 15.3. The maximum atomic E-state index is 4.33. The van der Waals surface area contributed by atoms with E-state index in [1.54, 1.807) is 4.68 Å². The van der Waals surface area contributed by atoms with Gasteiger partial charge in [-0.25, -0.2) is 0 Å². The summed E-state index contributed by atoms with van der Waals surface area (Å²) in [6.07, 6.45) is 1.94. The fourth-order valence-electron chi connectivity index (χ4n) is 2.06. The Hall–Kier alpha value is -1.77. The van der Waals surface area contributed by atoms with Gasteiger partial charge < -0.3 is 5.32 Å². The molecule has 0 aliphatic rings. The molecule has 1 unspecified atom stereocenters. The van der Waals surface area contributed by atoms with Crippen LogP contribution in [-0.2, 0) is 7.05 Å². The van der Waals surface area contributed by atoms with Gasteiger partial charge in [0, 0.05) is 19.3 Å². The third-order valence-electron chi connectivity index (χ3n) is 2.82. The lowest BCUT2D eigenvalue weighted by atomic mass is 10.0. The molecule has 2 aromatic rings. The summed E-state index contributed by atoms with van der Waals surface area (Å²) in [6, 6.07) is 8.88. The van der Waals surface area contributed by atoms with E-state index in [1.165, 1.54) is 16.7 Å². The van der Waals surface area contributed by atoms with Gasteiger partial charge in [-0.3, -0.25) is 4.68 Å². The van der Waals surface area contributed by atoms with Gasteiger partial charge in [-0.15, -0.1) is 0 Å². The smallest absolute Gasteiger partial charge is 0.148 e. The molecule has 17 heavy (non-hydrogen) atoms. The molecule has 0 radical (unpaired) electrons. The SMILES string of the molecule is Cc1cc(C)cc(C(C)Nc2ccn(C)n2)c1. The van der Waals surface area contributed by atoms with Crippen LogP contribution in [0.3, 0.4) is 0 Å². The second-order valence-corrected chi connectivity index (χ2v) is 4.66. The Balaban J connectivity index is 2.16. The highest BCUT2D eigenvalue weighted by molar-refractivity contribution is 5.39. The first-order chi connectivity index (χ1) is 8.04. The van der Waals surface area contributed by atoms with E-state index in [0.29, 0.717) is 0 Å². The summed E-state index contributed by atoms with van der Waals surface area (Å²) < 4.78 is 1.80. The van der Waals surface area contributed by atoms with Gasteiger partial charge in [0.1, 0.15) is 5.82 Å². The van der Waals surface area contributed by atoms with Crippen molar-refractivity contribution in [2.45, 2.75) is 26.8 Å². The van der Waals surface area contributed by atoms with Gasteiger partial charge in [0.05, 0.1) is 6.04 Å². The Bertz CT molecular complexity index is 494. The second kappa shape index (κ2) is 4.62. The summed E-state index contributed by atoms with van der Waals surface area (Å²) in [5, 5.41) is 7.73. The van der Waals surface area contributed by atoms with E-state index >= 15 is 0 Å². The second-order valence-electron chi connectivity index (χ2n) is 4.66. The number of aryl methyl sites for hydroxylation is 3. The van der Waals surface area contributed by atoms with E-state index in [1.807, 2.05) is 19.3 Å². The summed E-state index contributed by atoms with van der Waals surface area (Å²) >= 11 is 0. The average molecular weight is 229 g/mol. The molecular formula is C14H19N3. The number of nitrogens with one attached hydrogen (secondary N) is 1. The standard InChI is InChI=1S/C14H19N3/c1-10-7-11(2)9-13(8-10)12(3)15-14-5-6-17(4)16-14/h5-9,12H,1-4H3,(H,15,16). The predicted molar refractivity (Wildman–Crippen MR) is 71.2 cm³/mol. The van der Waals surface area contributed by atoms with Crippen molar-refractivity contribution in [3.8, 4) is 0 Å². The molecule has 0 spiro atoms. The fourth-order valence-corrected chi connectivity index (χ4v) is 2.06. The Labute approximate surface area is 102 Å². The summed E-state index contributed by atoms with van der Waals surface area (Å²) in [4.78, 5) is 0. The number of hydrogen-bond acceptors (Lipinski definition) is 2. The molecular weight excluding hydrogens is 210 g/mol. The van der Waals surface area contributed by atoms with Crippen LogP contribution in [0, 0.1) is 13.8 Å². The monoisotopic (exact) mass is 229 g/mol. The lowest BCUT2D eigenvalue weighted by molar-refractivity contribution is 0.760. The van der Waals surface area contributed by atoms with Gasteiger partial charge in [-0.05, 0) is 26.3 Å². The minimum Gasteiger partial charge on any atom is -0.362 e. The molecule has 1 aromatic heterocycles. The van der Waals surface area contributed by atoms with Gasteiger partial charge in [-0.1, -0.05) is 29.3 Å². The third-order valence-corrected chi connectivity index (χ3v) is 2.82. The fraction of sp³-hybridized carbons (Fsp3) is 0.357. The van der Waals surface area contributed by atoms with Gasteiger partial charge in [-0.2, -0.15) is 5.10 Å². The lowest BCUT2D eigenvalue weighted by Crippen LogP contribution is -2.08. The topological polar surface area (TPSA) is 29.9 Å². The van der Waals surface area contributed by atoms with Crippen molar-refractivity contribution in [1.82, 2.24) is 9.78 Å². The molecule has 3 heteroatoms. The summed E-state index contributed by atoms with van der Waals surface area (Å²) in [5.41, 5.74) is 3.90. The summed E-state index contributed by atoms with van der Waals surface area (Å²) in [7, 11) is 1.92. The van der Waals surface area contributed by atoms with Gasteiger partial charge in [0.15, 0.2) is 0 Å².